The number of allylic oxidation sites excluding steroid dienone is 4. The predicted molar refractivity (Wildman–Crippen MR) is 128 cm³/mol. The zero-order valence-electron chi connectivity index (χ0n) is 19.9. The summed E-state index contributed by atoms with van der Waals surface area (Å²) >= 11 is 0. The Bertz CT molecular complexity index is 398. The van der Waals surface area contributed by atoms with E-state index < -0.39 is 5.97 Å². The summed E-state index contributed by atoms with van der Waals surface area (Å²) in [5.41, 5.74) is 0. The van der Waals surface area contributed by atoms with Crippen LogP contribution in [0, 0.1) is 0 Å². The summed E-state index contributed by atoms with van der Waals surface area (Å²) in [6.45, 7) is 8.82. The van der Waals surface area contributed by atoms with Gasteiger partial charge < -0.3 is 5.11 Å². The van der Waals surface area contributed by atoms with Crippen LogP contribution in [-0.4, -0.2) is 34.6 Å². The van der Waals surface area contributed by atoms with Gasteiger partial charge in [-0.25, -0.2) is 0 Å². The molecular formula is C26H49NO2. The molecule has 0 aliphatic heterocycles. The minimum atomic E-state index is -0.673. The molecule has 0 rings (SSSR count). The van der Waals surface area contributed by atoms with Gasteiger partial charge in [-0.2, -0.15) is 0 Å². The van der Waals surface area contributed by atoms with Gasteiger partial charge in [-0.3, -0.25) is 9.69 Å². The van der Waals surface area contributed by atoms with Crippen LogP contribution >= 0.6 is 0 Å². The highest BCUT2D eigenvalue weighted by molar-refractivity contribution is 5.69. The Morgan fingerprint density at radius 2 is 1.21 bits per heavy atom. The molecule has 29 heavy (non-hydrogen) atoms. The molecule has 2 unspecified atom stereocenters. The van der Waals surface area contributed by atoms with Crippen molar-refractivity contribution in [3.63, 3.8) is 0 Å². The summed E-state index contributed by atoms with van der Waals surface area (Å²) in [6.07, 6.45) is 25.2. The van der Waals surface area contributed by atoms with E-state index in [-0.39, 0.29) is 6.54 Å². The van der Waals surface area contributed by atoms with Gasteiger partial charge in [0.2, 0.25) is 0 Å². The standard InChI is InChI=1S/C26H49NO2/c1-5-9-11-13-15-17-21-24(19-7-3)27(23-26(28)29)25(20-8-4)22-18-16-14-12-10-6-2/h5-6,9-10,24-25H,7-8,11-23H2,1-4H3,(H,28,29)/b9-5+,10-6+. The zero-order valence-corrected chi connectivity index (χ0v) is 19.9. The number of aliphatic carboxylic acids is 1. The van der Waals surface area contributed by atoms with Crippen molar-refractivity contribution in [2.24, 2.45) is 0 Å². The number of carbonyl (C=O) groups is 1. The number of nitrogens with zero attached hydrogens (tertiary/aromatic N) is 1. The van der Waals surface area contributed by atoms with Crippen molar-refractivity contribution in [1.29, 1.82) is 0 Å². The topological polar surface area (TPSA) is 40.5 Å². The third kappa shape index (κ3) is 15.4. The summed E-state index contributed by atoms with van der Waals surface area (Å²) in [5, 5.41) is 9.60. The predicted octanol–water partition coefficient (Wildman–Crippen LogP) is 7.76. The van der Waals surface area contributed by atoms with E-state index in [2.05, 4.69) is 56.9 Å². The molecule has 2 atom stereocenters. The first-order valence-electron chi connectivity index (χ1n) is 12.3. The second-order valence-corrected chi connectivity index (χ2v) is 8.37. The average Bonchev–Trinajstić information content (AvgIpc) is 2.69. The maximum absolute atomic E-state index is 11.7. The Balaban J connectivity index is 4.87. The second-order valence-electron chi connectivity index (χ2n) is 8.37. The van der Waals surface area contributed by atoms with Crippen molar-refractivity contribution in [3.05, 3.63) is 24.3 Å². The Morgan fingerprint density at radius 3 is 1.55 bits per heavy atom. The molecule has 0 aliphatic rings. The van der Waals surface area contributed by atoms with Crippen molar-refractivity contribution in [2.75, 3.05) is 6.54 Å². The van der Waals surface area contributed by atoms with E-state index in [1.54, 1.807) is 0 Å². The van der Waals surface area contributed by atoms with E-state index in [4.69, 9.17) is 0 Å². The van der Waals surface area contributed by atoms with E-state index in [9.17, 15) is 9.90 Å². The molecule has 3 heteroatoms. The molecule has 0 saturated heterocycles. The Kier molecular flexibility index (Phi) is 19.4. The van der Waals surface area contributed by atoms with Crippen LogP contribution in [-0.2, 0) is 4.79 Å². The summed E-state index contributed by atoms with van der Waals surface area (Å²) in [5.74, 6) is -0.673. The lowest BCUT2D eigenvalue weighted by Crippen LogP contribution is -2.46. The first-order valence-corrected chi connectivity index (χ1v) is 12.3. The monoisotopic (exact) mass is 407 g/mol. The molecule has 0 bridgehead atoms. The lowest BCUT2D eigenvalue weighted by Gasteiger charge is -2.37. The Hall–Kier alpha value is -1.09. The number of carboxylic acids is 1. The normalized spacial score (nSPS) is 14.2. The third-order valence-corrected chi connectivity index (χ3v) is 5.79. The highest BCUT2D eigenvalue weighted by Crippen LogP contribution is 2.24. The molecular weight excluding hydrogens is 358 g/mol. The van der Waals surface area contributed by atoms with Crippen LogP contribution in [0.5, 0.6) is 0 Å². The first-order chi connectivity index (χ1) is 14.1. The van der Waals surface area contributed by atoms with E-state index in [0.29, 0.717) is 12.1 Å². The molecule has 0 saturated carbocycles. The fourth-order valence-corrected chi connectivity index (χ4v) is 4.30. The third-order valence-electron chi connectivity index (χ3n) is 5.79. The smallest absolute Gasteiger partial charge is 0.317 e. The van der Waals surface area contributed by atoms with Crippen molar-refractivity contribution in [3.8, 4) is 0 Å². The highest BCUT2D eigenvalue weighted by Gasteiger charge is 2.26. The van der Waals surface area contributed by atoms with Gasteiger partial charge in [0, 0.05) is 12.1 Å². The Morgan fingerprint density at radius 1 is 0.759 bits per heavy atom. The van der Waals surface area contributed by atoms with Gasteiger partial charge in [0.1, 0.15) is 0 Å². The number of hydrogen-bond acceptors (Lipinski definition) is 2. The zero-order chi connectivity index (χ0) is 21.7. The van der Waals surface area contributed by atoms with Gasteiger partial charge in [-0.05, 0) is 65.2 Å². The van der Waals surface area contributed by atoms with Crippen LogP contribution in [0.4, 0.5) is 0 Å². The fourth-order valence-electron chi connectivity index (χ4n) is 4.30. The van der Waals surface area contributed by atoms with Crippen molar-refractivity contribution in [1.82, 2.24) is 4.90 Å². The van der Waals surface area contributed by atoms with E-state index in [0.717, 1.165) is 38.5 Å². The van der Waals surface area contributed by atoms with Gasteiger partial charge in [0.25, 0.3) is 0 Å². The maximum Gasteiger partial charge on any atom is 0.317 e. The fraction of sp³-hybridized carbons (Fsp3) is 0.808. The van der Waals surface area contributed by atoms with Crippen LogP contribution in [0.15, 0.2) is 24.3 Å². The molecule has 0 fully saturated rings. The SMILES string of the molecule is C/C=C/CCCCCC(CCC)N(CC(=O)O)C(CCC)CCCCC/C=C/C. The molecule has 3 nitrogen and oxygen atoms in total. The minimum absolute atomic E-state index is 0.201. The van der Waals surface area contributed by atoms with Crippen LogP contribution in [0.1, 0.15) is 118 Å². The van der Waals surface area contributed by atoms with Gasteiger partial charge in [0.15, 0.2) is 0 Å². The second kappa shape index (κ2) is 20.2. The number of rotatable bonds is 20. The molecule has 0 spiro atoms. The van der Waals surface area contributed by atoms with E-state index in [1.165, 1.54) is 51.4 Å². The molecule has 0 amide bonds. The van der Waals surface area contributed by atoms with Crippen molar-refractivity contribution >= 4 is 5.97 Å². The van der Waals surface area contributed by atoms with Crippen LogP contribution in [0.3, 0.4) is 0 Å². The lowest BCUT2D eigenvalue weighted by molar-refractivity contribution is -0.140. The molecule has 0 radical (unpaired) electrons. The average molecular weight is 408 g/mol. The molecule has 0 aliphatic carbocycles. The van der Waals surface area contributed by atoms with E-state index in [1.807, 2.05) is 0 Å². The largest absolute Gasteiger partial charge is 0.480 e. The van der Waals surface area contributed by atoms with Crippen LogP contribution in [0.2, 0.25) is 0 Å². The number of carboxylic acid groups (broad SMARTS) is 1. The van der Waals surface area contributed by atoms with Crippen molar-refractivity contribution < 1.29 is 9.90 Å². The number of hydrogen-bond donors (Lipinski definition) is 1. The van der Waals surface area contributed by atoms with Gasteiger partial charge in [0.05, 0.1) is 6.54 Å². The van der Waals surface area contributed by atoms with Gasteiger partial charge in [-0.1, -0.05) is 76.7 Å². The molecule has 170 valence electrons. The minimum Gasteiger partial charge on any atom is -0.480 e. The summed E-state index contributed by atoms with van der Waals surface area (Å²) in [6, 6.07) is 0.829. The molecule has 0 aromatic rings. The molecule has 0 aromatic carbocycles. The molecule has 0 heterocycles. The van der Waals surface area contributed by atoms with Gasteiger partial charge >= 0.3 is 5.97 Å². The van der Waals surface area contributed by atoms with Gasteiger partial charge in [-0.15, -0.1) is 0 Å². The highest BCUT2D eigenvalue weighted by atomic mass is 16.4. The summed E-state index contributed by atoms with van der Waals surface area (Å²) in [4.78, 5) is 14.0. The number of unbranched alkanes of at least 4 members (excludes halogenated alkanes) is 6. The summed E-state index contributed by atoms with van der Waals surface area (Å²) < 4.78 is 0. The molecule has 1 N–H and O–H groups in total. The lowest BCUT2D eigenvalue weighted by atomic mass is 9.95. The Labute approximate surface area is 181 Å². The quantitative estimate of drug-likeness (QED) is 0.165. The van der Waals surface area contributed by atoms with Crippen LogP contribution in [0.25, 0.3) is 0 Å². The molecule has 0 aromatic heterocycles. The maximum atomic E-state index is 11.7. The first kappa shape index (κ1) is 27.9. The summed E-state index contributed by atoms with van der Waals surface area (Å²) in [7, 11) is 0. The van der Waals surface area contributed by atoms with E-state index >= 15 is 0 Å². The van der Waals surface area contributed by atoms with Crippen LogP contribution < -0.4 is 0 Å². The van der Waals surface area contributed by atoms with Crippen molar-refractivity contribution in [2.45, 2.75) is 130 Å².